The van der Waals surface area contributed by atoms with E-state index in [1.54, 1.807) is 7.11 Å². The molecular formula is C11H15NO3. The molecule has 0 aliphatic rings. The van der Waals surface area contributed by atoms with Crippen LogP contribution in [-0.4, -0.2) is 20.2 Å². The Morgan fingerprint density at radius 2 is 2.20 bits per heavy atom. The minimum Gasteiger partial charge on any atom is -0.497 e. The van der Waals surface area contributed by atoms with Crippen molar-refractivity contribution in [1.82, 2.24) is 0 Å². The van der Waals surface area contributed by atoms with E-state index in [2.05, 4.69) is 4.74 Å². The molecular weight excluding hydrogens is 194 g/mol. The minimum atomic E-state index is -0.354. The summed E-state index contributed by atoms with van der Waals surface area (Å²) in [6.45, 7) is 0. The minimum absolute atomic E-state index is 0.170. The molecule has 0 amide bonds. The first-order valence-electron chi connectivity index (χ1n) is 4.63. The second-order valence-corrected chi connectivity index (χ2v) is 3.16. The lowest BCUT2D eigenvalue weighted by Crippen LogP contribution is -2.16. The largest absolute Gasteiger partial charge is 0.497 e. The van der Waals surface area contributed by atoms with Gasteiger partial charge in [-0.05, 0) is 17.7 Å². The summed E-state index contributed by atoms with van der Waals surface area (Å²) < 4.78 is 9.61. The summed E-state index contributed by atoms with van der Waals surface area (Å²) in [6, 6.07) is 6.98. The highest BCUT2D eigenvalue weighted by atomic mass is 16.5. The van der Waals surface area contributed by atoms with E-state index in [1.165, 1.54) is 7.11 Å². The molecule has 2 N–H and O–H groups in total. The predicted molar refractivity (Wildman–Crippen MR) is 56.6 cm³/mol. The lowest BCUT2D eigenvalue weighted by molar-refractivity contribution is -0.141. The molecule has 0 radical (unpaired) electrons. The van der Waals surface area contributed by atoms with Gasteiger partial charge < -0.3 is 15.2 Å². The van der Waals surface area contributed by atoms with Gasteiger partial charge in [-0.1, -0.05) is 12.1 Å². The van der Waals surface area contributed by atoms with Gasteiger partial charge in [0.15, 0.2) is 0 Å². The Labute approximate surface area is 89.0 Å². The lowest BCUT2D eigenvalue weighted by Gasteiger charge is -2.11. The third-order valence-electron chi connectivity index (χ3n) is 2.14. The molecule has 1 unspecified atom stereocenters. The number of carbonyl (C=O) groups is 1. The molecule has 1 aromatic carbocycles. The Balaban J connectivity index is 2.72. The molecule has 0 heterocycles. The molecule has 82 valence electrons. The predicted octanol–water partition coefficient (Wildman–Crippen LogP) is 1.26. The molecule has 0 spiro atoms. The molecule has 0 aliphatic carbocycles. The molecule has 0 fully saturated rings. The first-order valence-corrected chi connectivity index (χ1v) is 4.63. The summed E-state index contributed by atoms with van der Waals surface area (Å²) in [6.07, 6.45) is 0.170. The Bertz CT molecular complexity index is 338. The van der Waals surface area contributed by atoms with Crippen molar-refractivity contribution in [3.05, 3.63) is 29.8 Å². The topological polar surface area (TPSA) is 61.5 Å². The van der Waals surface area contributed by atoms with Crippen molar-refractivity contribution in [3.8, 4) is 5.75 Å². The van der Waals surface area contributed by atoms with Crippen molar-refractivity contribution < 1.29 is 14.3 Å². The van der Waals surface area contributed by atoms with Crippen molar-refractivity contribution in [2.24, 2.45) is 5.73 Å². The quantitative estimate of drug-likeness (QED) is 0.758. The highest BCUT2D eigenvalue weighted by molar-refractivity contribution is 5.70. The Morgan fingerprint density at radius 3 is 2.80 bits per heavy atom. The number of hydrogen-bond acceptors (Lipinski definition) is 4. The lowest BCUT2D eigenvalue weighted by atomic mass is 10.0. The standard InChI is InChI=1S/C11H15NO3/c1-14-9-5-3-4-8(6-9)10(12)7-11(13)15-2/h3-6,10H,7,12H2,1-2H3. The maximum atomic E-state index is 11.0. The van der Waals surface area contributed by atoms with Crippen LogP contribution in [0.5, 0.6) is 5.75 Å². The summed E-state index contributed by atoms with van der Waals surface area (Å²) in [7, 11) is 2.94. The van der Waals surface area contributed by atoms with Gasteiger partial charge in [0, 0.05) is 6.04 Å². The van der Waals surface area contributed by atoms with Gasteiger partial charge in [0.1, 0.15) is 5.75 Å². The summed E-state index contributed by atoms with van der Waals surface area (Å²) in [5.41, 5.74) is 6.70. The molecule has 0 aromatic heterocycles. The van der Waals surface area contributed by atoms with Gasteiger partial charge in [-0.25, -0.2) is 0 Å². The van der Waals surface area contributed by atoms with Crippen LogP contribution in [0.25, 0.3) is 0 Å². The number of methoxy groups -OCH3 is 2. The van der Waals surface area contributed by atoms with Crippen LogP contribution in [0.15, 0.2) is 24.3 Å². The Kier molecular flexibility index (Phi) is 4.12. The molecule has 0 bridgehead atoms. The van der Waals surface area contributed by atoms with Crippen LogP contribution in [-0.2, 0) is 9.53 Å². The summed E-state index contributed by atoms with van der Waals surface area (Å²) in [5, 5.41) is 0. The summed E-state index contributed by atoms with van der Waals surface area (Å²) in [4.78, 5) is 11.0. The van der Waals surface area contributed by atoms with Gasteiger partial charge in [-0.3, -0.25) is 4.79 Å². The first kappa shape index (κ1) is 11.5. The van der Waals surface area contributed by atoms with E-state index in [-0.39, 0.29) is 18.4 Å². The molecule has 1 aromatic rings. The van der Waals surface area contributed by atoms with Gasteiger partial charge in [0.05, 0.1) is 20.6 Å². The number of rotatable bonds is 4. The number of nitrogens with two attached hydrogens (primary N) is 1. The van der Waals surface area contributed by atoms with Crippen molar-refractivity contribution in [1.29, 1.82) is 0 Å². The molecule has 15 heavy (non-hydrogen) atoms. The average Bonchev–Trinajstić information content (AvgIpc) is 2.28. The Hall–Kier alpha value is -1.55. The fourth-order valence-corrected chi connectivity index (χ4v) is 1.25. The fraction of sp³-hybridized carbons (Fsp3) is 0.364. The first-order chi connectivity index (χ1) is 7.17. The molecule has 1 atom stereocenters. The molecule has 1 rings (SSSR count). The van der Waals surface area contributed by atoms with Crippen molar-refractivity contribution >= 4 is 5.97 Å². The monoisotopic (exact) mass is 209 g/mol. The van der Waals surface area contributed by atoms with Gasteiger partial charge in [-0.2, -0.15) is 0 Å². The van der Waals surface area contributed by atoms with E-state index < -0.39 is 0 Å². The van der Waals surface area contributed by atoms with Crippen LogP contribution in [0.3, 0.4) is 0 Å². The van der Waals surface area contributed by atoms with Crippen LogP contribution in [0.2, 0.25) is 0 Å². The average molecular weight is 209 g/mol. The van der Waals surface area contributed by atoms with Crippen LogP contribution < -0.4 is 10.5 Å². The van der Waals surface area contributed by atoms with E-state index in [4.69, 9.17) is 10.5 Å². The second-order valence-electron chi connectivity index (χ2n) is 3.16. The van der Waals surface area contributed by atoms with Crippen LogP contribution in [0.4, 0.5) is 0 Å². The Morgan fingerprint density at radius 1 is 1.47 bits per heavy atom. The van der Waals surface area contributed by atoms with E-state index in [1.807, 2.05) is 24.3 Å². The number of benzene rings is 1. The number of ether oxygens (including phenoxy) is 2. The smallest absolute Gasteiger partial charge is 0.307 e. The molecule has 4 heteroatoms. The number of hydrogen-bond donors (Lipinski definition) is 1. The van der Waals surface area contributed by atoms with Crippen molar-refractivity contribution in [2.45, 2.75) is 12.5 Å². The molecule has 0 saturated heterocycles. The SMILES string of the molecule is COC(=O)CC(N)c1cccc(OC)c1. The van der Waals surface area contributed by atoms with Crippen molar-refractivity contribution in [2.75, 3.05) is 14.2 Å². The molecule has 4 nitrogen and oxygen atoms in total. The van der Waals surface area contributed by atoms with E-state index in [0.29, 0.717) is 0 Å². The van der Waals surface area contributed by atoms with E-state index in [0.717, 1.165) is 11.3 Å². The second kappa shape index (κ2) is 5.36. The normalized spacial score (nSPS) is 11.9. The highest BCUT2D eigenvalue weighted by Gasteiger charge is 2.12. The van der Waals surface area contributed by atoms with Crippen molar-refractivity contribution in [3.63, 3.8) is 0 Å². The zero-order chi connectivity index (χ0) is 11.3. The maximum Gasteiger partial charge on any atom is 0.307 e. The van der Waals surface area contributed by atoms with Crippen LogP contribution in [0, 0.1) is 0 Å². The van der Waals surface area contributed by atoms with E-state index in [9.17, 15) is 4.79 Å². The van der Waals surface area contributed by atoms with Gasteiger partial charge in [0.2, 0.25) is 0 Å². The van der Waals surface area contributed by atoms with Crippen LogP contribution >= 0.6 is 0 Å². The van der Waals surface area contributed by atoms with E-state index >= 15 is 0 Å². The number of carbonyl (C=O) groups excluding carboxylic acids is 1. The number of esters is 1. The fourth-order valence-electron chi connectivity index (χ4n) is 1.25. The highest BCUT2D eigenvalue weighted by Crippen LogP contribution is 2.19. The maximum absolute atomic E-state index is 11.0. The summed E-state index contributed by atoms with van der Waals surface area (Å²) >= 11 is 0. The zero-order valence-corrected chi connectivity index (χ0v) is 8.90. The van der Waals surface area contributed by atoms with Gasteiger partial charge in [-0.15, -0.1) is 0 Å². The van der Waals surface area contributed by atoms with Crippen LogP contribution in [0.1, 0.15) is 18.0 Å². The third kappa shape index (κ3) is 3.25. The molecule has 0 aliphatic heterocycles. The zero-order valence-electron chi connectivity index (χ0n) is 8.90. The third-order valence-corrected chi connectivity index (χ3v) is 2.14. The van der Waals surface area contributed by atoms with Gasteiger partial charge in [0.25, 0.3) is 0 Å². The summed E-state index contributed by atoms with van der Waals surface area (Å²) in [5.74, 6) is 0.415. The van der Waals surface area contributed by atoms with Gasteiger partial charge >= 0.3 is 5.97 Å². The molecule has 0 saturated carbocycles.